The molecule has 0 spiro atoms. The number of benzene rings is 2. The Morgan fingerprint density at radius 2 is 1.83 bits per heavy atom. The van der Waals surface area contributed by atoms with Crippen LogP contribution in [0, 0.1) is 5.82 Å². The number of nitrogens with zero attached hydrogens (tertiary/aromatic N) is 3. The van der Waals surface area contributed by atoms with E-state index >= 15 is 0 Å². The molecule has 2 heterocycles. The first-order valence-corrected chi connectivity index (χ1v) is 7.50. The molecule has 1 atom stereocenters. The lowest BCUT2D eigenvalue weighted by Crippen LogP contribution is -2.45. The van der Waals surface area contributed by atoms with Gasteiger partial charge >= 0.3 is 0 Å². The van der Waals surface area contributed by atoms with Crippen molar-refractivity contribution in [3.8, 4) is 0 Å². The van der Waals surface area contributed by atoms with E-state index in [0.717, 1.165) is 17.5 Å². The maximum absolute atomic E-state index is 13.0. The molecule has 4 rings (SSSR count). The highest BCUT2D eigenvalue weighted by Crippen LogP contribution is 2.34. The third kappa shape index (κ3) is 2.44. The quantitative estimate of drug-likeness (QED) is 0.729. The molecule has 0 N–H and O–H groups in total. The Hall–Kier alpha value is -2.82. The van der Waals surface area contributed by atoms with Crippen molar-refractivity contribution in [2.24, 2.45) is 0 Å². The van der Waals surface area contributed by atoms with Gasteiger partial charge in [0, 0.05) is 6.54 Å². The summed E-state index contributed by atoms with van der Waals surface area (Å²) >= 11 is 0. The molecule has 3 aromatic rings. The van der Waals surface area contributed by atoms with Crippen molar-refractivity contribution < 1.29 is 9.18 Å². The van der Waals surface area contributed by atoms with E-state index in [9.17, 15) is 9.18 Å². The summed E-state index contributed by atoms with van der Waals surface area (Å²) in [4.78, 5) is 23.1. The molecule has 1 fully saturated rings. The minimum atomic E-state index is -0.272. The van der Waals surface area contributed by atoms with Crippen molar-refractivity contribution in [3.05, 3.63) is 71.8 Å². The molecule has 1 aliphatic rings. The van der Waals surface area contributed by atoms with E-state index in [4.69, 9.17) is 0 Å². The van der Waals surface area contributed by atoms with Gasteiger partial charge < -0.3 is 4.90 Å². The van der Waals surface area contributed by atoms with E-state index in [1.807, 2.05) is 24.3 Å². The Bertz CT molecular complexity index is 879. The number of fused-ring (bicyclic) bond motifs is 1. The largest absolute Gasteiger partial charge is 0.330 e. The van der Waals surface area contributed by atoms with Crippen LogP contribution >= 0.6 is 0 Å². The highest BCUT2D eigenvalue weighted by molar-refractivity contribution is 5.94. The summed E-state index contributed by atoms with van der Waals surface area (Å²) in [6.45, 7) is 0.676. The predicted molar refractivity (Wildman–Crippen MR) is 84.3 cm³/mol. The van der Waals surface area contributed by atoms with Crippen molar-refractivity contribution in [2.75, 3.05) is 6.54 Å². The van der Waals surface area contributed by atoms with Crippen LogP contribution in [-0.2, 0) is 0 Å². The summed E-state index contributed by atoms with van der Waals surface area (Å²) in [6, 6.07) is 13.7. The Kier molecular flexibility index (Phi) is 3.26. The molecule has 1 aromatic heterocycles. The molecule has 5 heteroatoms. The van der Waals surface area contributed by atoms with Crippen LogP contribution < -0.4 is 0 Å². The summed E-state index contributed by atoms with van der Waals surface area (Å²) in [7, 11) is 0. The number of aromatic nitrogens is 2. The predicted octanol–water partition coefficient (Wildman–Crippen LogP) is 3.36. The van der Waals surface area contributed by atoms with Crippen LogP contribution in [0.1, 0.15) is 28.5 Å². The van der Waals surface area contributed by atoms with Crippen molar-refractivity contribution in [3.63, 3.8) is 0 Å². The van der Waals surface area contributed by atoms with Gasteiger partial charge in [0.05, 0.1) is 23.3 Å². The zero-order chi connectivity index (χ0) is 15.8. The maximum atomic E-state index is 13.0. The van der Waals surface area contributed by atoms with Crippen LogP contribution in [0.25, 0.3) is 11.0 Å². The van der Waals surface area contributed by atoms with Gasteiger partial charge in [-0.25, -0.2) is 9.37 Å². The van der Waals surface area contributed by atoms with E-state index in [-0.39, 0.29) is 17.8 Å². The standard InChI is InChI=1S/C18H14FN3O/c19-13-7-5-12(6-8-13)17-9-10-22(17)18(23)16-11-20-14-3-1-2-4-15(14)21-16/h1-8,11,17H,9-10H2/t17-/m0/s1. The first-order valence-electron chi connectivity index (χ1n) is 7.50. The SMILES string of the molecule is O=C(c1cnc2ccccc2n1)N1CC[C@H]1c1ccc(F)cc1. The Labute approximate surface area is 132 Å². The zero-order valence-corrected chi connectivity index (χ0v) is 12.3. The molecular weight excluding hydrogens is 293 g/mol. The second-order valence-corrected chi connectivity index (χ2v) is 5.60. The molecular formula is C18H14FN3O. The summed E-state index contributed by atoms with van der Waals surface area (Å²) in [5.74, 6) is -0.407. The first kappa shape index (κ1) is 13.8. The van der Waals surface area contributed by atoms with Gasteiger partial charge in [-0.1, -0.05) is 24.3 Å². The van der Waals surface area contributed by atoms with E-state index in [2.05, 4.69) is 9.97 Å². The van der Waals surface area contributed by atoms with E-state index in [0.29, 0.717) is 17.8 Å². The Morgan fingerprint density at radius 3 is 2.52 bits per heavy atom. The molecule has 1 amide bonds. The maximum Gasteiger partial charge on any atom is 0.274 e. The number of hydrogen-bond acceptors (Lipinski definition) is 3. The lowest BCUT2D eigenvalue weighted by atomic mass is 9.94. The van der Waals surface area contributed by atoms with Crippen LogP contribution in [0.2, 0.25) is 0 Å². The molecule has 1 saturated heterocycles. The van der Waals surface area contributed by atoms with Crippen LogP contribution in [0.15, 0.2) is 54.7 Å². The smallest absolute Gasteiger partial charge is 0.274 e. The highest BCUT2D eigenvalue weighted by Gasteiger charge is 2.34. The van der Waals surface area contributed by atoms with Crippen LogP contribution in [0.3, 0.4) is 0 Å². The number of para-hydroxylation sites is 2. The Morgan fingerprint density at radius 1 is 1.09 bits per heavy atom. The molecule has 4 nitrogen and oxygen atoms in total. The summed E-state index contributed by atoms with van der Waals surface area (Å²) in [5.41, 5.74) is 2.76. The first-order chi connectivity index (χ1) is 11.2. The Balaban J connectivity index is 1.61. The fourth-order valence-corrected chi connectivity index (χ4v) is 2.87. The van der Waals surface area contributed by atoms with Crippen LogP contribution in [0.5, 0.6) is 0 Å². The molecule has 0 saturated carbocycles. The average molecular weight is 307 g/mol. The molecule has 0 unspecified atom stereocenters. The third-order valence-electron chi connectivity index (χ3n) is 4.20. The number of amides is 1. The lowest BCUT2D eigenvalue weighted by molar-refractivity contribution is 0.0454. The van der Waals surface area contributed by atoms with Gasteiger partial charge in [0.25, 0.3) is 5.91 Å². The van der Waals surface area contributed by atoms with Crippen molar-refractivity contribution in [1.29, 1.82) is 0 Å². The molecule has 1 aliphatic heterocycles. The number of carbonyl (C=O) groups excluding carboxylic acids is 1. The van der Waals surface area contributed by atoms with Crippen LogP contribution in [0.4, 0.5) is 4.39 Å². The molecule has 0 bridgehead atoms. The minimum absolute atomic E-state index is 0.0172. The molecule has 114 valence electrons. The lowest BCUT2D eigenvalue weighted by Gasteiger charge is -2.41. The summed E-state index contributed by atoms with van der Waals surface area (Å²) in [5, 5.41) is 0. The van der Waals surface area contributed by atoms with E-state index < -0.39 is 0 Å². The topological polar surface area (TPSA) is 46.1 Å². The number of halogens is 1. The summed E-state index contributed by atoms with van der Waals surface area (Å²) in [6.07, 6.45) is 2.39. The molecule has 0 radical (unpaired) electrons. The monoisotopic (exact) mass is 307 g/mol. The summed E-state index contributed by atoms with van der Waals surface area (Å²) < 4.78 is 13.0. The number of likely N-dealkylation sites (tertiary alicyclic amines) is 1. The number of rotatable bonds is 2. The second-order valence-electron chi connectivity index (χ2n) is 5.60. The minimum Gasteiger partial charge on any atom is -0.330 e. The van der Waals surface area contributed by atoms with Crippen molar-refractivity contribution >= 4 is 16.9 Å². The van der Waals surface area contributed by atoms with Crippen molar-refractivity contribution in [2.45, 2.75) is 12.5 Å². The highest BCUT2D eigenvalue weighted by atomic mass is 19.1. The fraction of sp³-hybridized carbons (Fsp3) is 0.167. The molecule has 23 heavy (non-hydrogen) atoms. The van der Waals surface area contributed by atoms with Crippen LogP contribution in [-0.4, -0.2) is 27.3 Å². The van der Waals surface area contributed by atoms with Gasteiger partial charge in [0.15, 0.2) is 0 Å². The molecule has 0 aliphatic carbocycles. The number of carbonyl (C=O) groups is 1. The number of hydrogen-bond donors (Lipinski definition) is 0. The van der Waals surface area contributed by atoms with Gasteiger partial charge in [-0.05, 0) is 36.2 Å². The van der Waals surface area contributed by atoms with Gasteiger partial charge in [-0.3, -0.25) is 9.78 Å². The van der Waals surface area contributed by atoms with Gasteiger partial charge in [0.1, 0.15) is 11.5 Å². The normalized spacial score (nSPS) is 17.1. The third-order valence-corrected chi connectivity index (χ3v) is 4.20. The molecule has 2 aromatic carbocycles. The van der Waals surface area contributed by atoms with Gasteiger partial charge in [0.2, 0.25) is 0 Å². The van der Waals surface area contributed by atoms with Gasteiger partial charge in [-0.15, -0.1) is 0 Å². The zero-order valence-electron chi connectivity index (χ0n) is 12.3. The fourth-order valence-electron chi connectivity index (χ4n) is 2.87. The second kappa shape index (κ2) is 5.43. The average Bonchev–Trinajstić information content (AvgIpc) is 2.55. The van der Waals surface area contributed by atoms with E-state index in [1.54, 1.807) is 17.0 Å². The van der Waals surface area contributed by atoms with Crippen molar-refractivity contribution in [1.82, 2.24) is 14.9 Å². The van der Waals surface area contributed by atoms with E-state index in [1.165, 1.54) is 18.3 Å². The van der Waals surface area contributed by atoms with Gasteiger partial charge in [-0.2, -0.15) is 0 Å².